The van der Waals surface area contributed by atoms with Gasteiger partial charge in [0.15, 0.2) is 11.5 Å². The van der Waals surface area contributed by atoms with E-state index in [-0.39, 0.29) is 11.5 Å². The van der Waals surface area contributed by atoms with E-state index < -0.39 is 0 Å². The van der Waals surface area contributed by atoms with E-state index in [0.29, 0.717) is 43.0 Å². The smallest absolute Gasteiger partial charge is 0.276 e. The van der Waals surface area contributed by atoms with Gasteiger partial charge in [0, 0.05) is 39.3 Å². The lowest BCUT2D eigenvalue weighted by Gasteiger charge is -2.46. The minimum absolute atomic E-state index is 0.0727. The maximum Gasteiger partial charge on any atom is 0.276 e. The number of ether oxygens (including phenoxy) is 2. The number of carbonyl (C=O) groups is 1. The van der Waals surface area contributed by atoms with Gasteiger partial charge in [-0.1, -0.05) is 10.3 Å². The maximum absolute atomic E-state index is 12.6. The Morgan fingerprint density at radius 2 is 2.14 bits per heavy atom. The molecule has 0 N–H and O–H groups in total. The summed E-state index contributed by atoms with van der Waals surface area (Å²) in [4.78, 5) is 18.8. The quantitative estimate of drug-likeness (QED) is 0.765. The van der Waals surface area contributed by atoms with Crippen molar-refractivity contribution in [3.05, 3.63) is 29.2 Å². The van der Waals surface area contributed by atoms with Crippen LogP contribution < -0.4 is 0 Å². The van der Waals surface area contributed by atoms with Crippen LogP contribution in [0.5, 0.6) is 0 Å². The van der Waals surface area contributed by atoms with Crippen LogP contribution in [0.4, 0.5) is 0 Å². The van der Waals surface area contributed by atoms with Gasteiger partial charge in [-0.25, -0.2) is 0 Å². The standard InChI is InChI=1S/C19H26N4O5/c1-13-9-15(21-27-13)18(24)23-6-4-19(5-7-23)11-14(3-8-26-19)10-16-20-17(12-25-2)28-22-16/h9,14H,3-8,10-12H2,1-2H3. The summed E-state index contributed by atoms with van der Waals surface area (Å²) in [6.45, 7) is 4.17. The molecule has 2 saturated heterocycles. The highest BCUT2D eigenvalue weighted by atomic mass is 16.5. The summed E-state index contributed by atoms with van der Waals surface area (Å²) in [5.41, 5.74) is 0.207. The third-order valence-corrected chi connectivity index (χ3v) is 5.65. The van der Waals surface area contributed by atoms with Crippen molar-refractivity contribution in [3.8, 4) is 0 Å². The Balaban J connectivity index is 1.33. The molecular formula is C19H26N4O5. The molecule has 0 aromatic carbocycles. The van der Waals surface area contributed by atoms with Crippen LogP contribution >= 0.6 is 0 Å². The third kappa shape index (κ3) is 4.10. The fraction of sp³-hybridized carbons (Fsp3) is 0.684. The first-order valence-corrected chi connectivity index (χ1v) is 9.74. The van der Waals surface area contributed by atoms with Gasteiger partial charge in [0.05, 0.1) is 5.60 Å². The van der Waals surface area contributed by atoms with E-state index in [1.165, 1.54) is 0 Å². The van der Waals surface area contributed by atoms with E-state index in [9.17, 15) is 4.79 Å². The van der Waals surface area contributed by atoms with Gasteiger partial charge < -0.3 is 23.4 Å². The van der Waals surface area contributed by atoms with Crippen LogP contribution in [0.25, 0.3) is 0 Å². The van der Waals surface area contributed by atoms with Gasteiger partial charge >= 0.3 is 0 Å². The fourth-order valence-corrected chi connectivity index (χ4v) is 4.21. The van der Waals surface area contributed by atoms with Gasteiger partial charge in [-0.2, -0.15) is 4.98 Å². The highest BCUT2D eigenvalue weighted by molar-refractivity contribution is 5.92. The number of aromatic nitrogens is 3. The molecule has 1 atom stereocenters. The Morgan fingerprint density at radius 1 is 1.32 bits per heavy atom. The Labute approximate surface area is 163 Å². The van der Waals surface area contributed by atoms with Crippen LogP contribution in [0.1, 0.15) is 53.6 Å². The molecule has 152 valence electrons. The SMILES string of the molecule is COCc1nc(CC2CCOC3(CCN(C(=O)c4cc(C)on4)CC3)C2)no1. The van der Waals surface area contributed by atoms with Crippen molar-refractivity contribution in [2.45, 2.75) is 51.2 Å². The fourth-order valence-electron chi connectivity index (χ4n) is 4.21. The number of methoxy groups -OCH3 is 1. The van der Waals surface area contributed by atoms with E-state index in [0.717, 1.165) is 44.5 Å². The summed E-state index contributed by atoms with van der Waals surface area (Å²) in [7, 11) is 1.60. The number of amides is 1. The number of hydrogen-bond acceptors (Lipinski definition) is 8. The number of aryl methyl sites for hydroxylation is 1. The molecule has 9 nitrogen and oxygen atoms in total. The minimum atomic E-state index is -0.168. The van der Waals surface area contributed by atoms with Crippen LogP contribution in [0.3, 0.4) is 0 Å². The zero-order valence-electron chi connectivity index (χ0n) is 16.3. The van der Waals surface area contributed by atoms with Crippen LogP contribution in [-0.4, -0.2) is 58.5 Å². The zero-order chi connectivity index (χ0) is 19.6. The van der Waals surface area contributed by atoms with Gasteiger partial charge in [-0.3, -0.25) is 4.79 Å². The van der Waals surface area contributed by atoms with E-state index in [2.05, 4.69) is 15.3 Å². The van der Waals surface area contributed by atoms with Crippen LogP contribution in [0.15, 0.2) is 15.1 Å². The van der Waals surface area contributed by atoms with Crippen molar-refractivity contribution in [2.75, 3.05) is 26.8 Å². The largest absolute Gasteiger partial charge is 0.375 e. The summed E-state index contributed by atoms with van der Waals surface area (Å²) in [6.07, 6.45) is 4.36. The molecule has 0 bridgehead atoms. The van der Waals surface area contributed by atoms with Gasteiger partial charge in [-0.15, -0.1) is 0 Å². The number of nitrogens with zero attached hydrogens (tertiary/aromatic N) is 4. The molecule has 2 aromatic rings. The van der Waals surface area contributed by atoms with E-state index in [1.807, 2.05) is 4.90 Å². The molecule has 1 spiro atoms. The second-order valence-electron chi connectivity index (χ2n) is 7.75. The van der Waals surface area contributed by atoms with Crippen molar-refractivity contribution in [1.29, 1.82) is 0 Å². The summed E-state index contributed by atoms with van der Waals surface area (Å²) in [5, 5.41) is 7.90. The lowest BCUT2D eigenvalue weighted by atomic mass is 9.78. The highest BCUT2D eigenvalue weighted by Crippen LogP contribution is 2.38. The average molecular weight is 390 g/mol. The number of carbonyl (C=O) groups excluding carboxylic acids is 1. The molecule has 2 aromatic heterocycles. The van der Waals surface area contributed by atoms with Crippen LogP contribution in [0.2, 0.25) is 0 Å². The van der Waals surface area contributed by atoms with Gasteiger partial charge in [0.1, 0.15) is 12.4 Å². The molecule has 28 heavy (non-hydrogen) atoms. The highest BCUT2D eigenvalue weighted by Gasteiger charge is 2.41. The Hall–Kier alpha value is -2.26. The molecule has 0 radical (unpaired) electrons. The van der Waals surface area contributed by atoms with Crippen LogP contribution in [0, 0.1) is 12.8 Å². The second-order valence-corrected chi connectivity index (χ2v) is 7.75. The van der Waals surface area contributed by atoms with Crippen molar-refractivity contribution in [3.63, 3.8) is 0 Å². The number of likely N-dealkylation sites (tertiary alicyclic amines) is 1. The van der Waals surface area contributed by atoms with Gasteiger partial charge in [-0.05, 0) is 38.5 Å². The predicted octanol–water partition coefficient (Wildman–Crippen LogP) is 2.16. The Bertz CT molecular complexity index is 809. The molecule has 1 amide bonds. The first-order valence-electron chi connectivity index (χ1n) is 9.74. The lowest BCUT2D eigenvalue weighted by Crippen LogP contribution is -2.51. The summed E-state index contributed by atoms with van der Waals surface area (Å²) in [5.74, 6) is 2.25. The molecule has 2 aliphatic heterocycles. The number of piperidine rings is 1. The maximum atomic E-state index is 12.6. The summed E-state index contributed by atoms with van der Waals surface area (Å²) >= 11 is 0. The van der Waals surface area contributed by atoms with Crippen LogP contribution in [-0.2, 0) is 22.5 Å². The average Bonchev–Trinajstić information content (AvgIpc) is 3.31. The molecule has 9 heteroatoms. The molecule has 2 fully saturated rings. The van der Waals surface area contributed by atoms with Crippen molar-refractivity contribution in [1.82, 2.24) is 20.2 Å². The van der Waals surface area contributed by atoms with E-state index in [1.54, 1.807) is 20.1 Å². The van der Waals surface area contributed by atoms with Gasteiger partial charge in [0.25, 0.3) is 11.8 Å². The third-order valence-electron chi connectivity index (χ3n) is 5.65. The molecule has 4 rings (SSSR count). The monoisotopic (exact) mass is 390 g/mol. The Kier molecular flexibility index (Phi) is 5.45. The topological polar surface area (TPSA) is 104 Å². The molecular weight excluding hydrogens is 364 g/mol. The first-order chi connectivity index (χ1) is 13.6. The summed E-state index contributed by atoms with van der Waals surface area (Å²) in [6, 6.07) is 1.68. The molecule has 4 heterocycles. The molecule has 0 saturated carbocycles. The molecule has 0 aliphatic carbocycles. The van der Waals surface area contributed by atoms with Crippen molar-refractivity contribution >= 4 is 5.91 Å². The van der Waals surface area contributed by atoms with E-state index >= 15 is 0 Å². The lowest BCUT2D eigenvalue weighted by molar-refractivity contribution is -0.123. The predicted molar refractivity (Wildman–Crippen MR) is 96.5 cm³/mol. The minimum Gasteiger partial charge on any atom is -0.375 e. The first kappa shape index (κ1) is 19.1. The Morgan fingerprint density at radius 3 is 2.86 bits per heavy atom. The zero-order valence-corrected chi connectivity index (χ0v) is 16.3. The second kappa shape index (κ2) is 8.00. The van der Waals surface area contributed by atoms with Crippen molar-refractivity contribution < 1.29 is 23.3 Å². The van der Waals surface area contributed by atoms with Crippen molar-refractivity contribution in [2.24, 2.45) is 5.92 Å². The molecule has 1 unspecified atom stereocenters. The van der Waals surface area contributed by atoms with E-state index in [4.69, 9.17) is 18.5 Å². The number of rotatable bonds is 5. The molecule has 2 aliphatic rings. The normalized spacial score (nSPS) is 21.9. The van der Waals surface area contributed by atoms with Gasteiger partial charge in [0.2, 0.25) is 0 Å². The summed E-state index contributed by atoms with van der Waals surface area (Å²) < 4.78 is 21.4. The number of hydrogen-bond donors (Lipinski definition) is 0.